The number of carboxylic acid groups (broad SMARTS) is 1. The summed E-state index contributed by atoms with van der Waals surface area (Å²) in [7, 11) is 0. The summed E-state index contributed by atoms with van der Waals surface area (Å²) >= 11 is 0. The molecular weight excluding hydrogens is 242 g/mol. The Kier molecular flexibility index (Phi) is 3.03. The largest absolute Gasteiger partial charge is 0.550 e. The van der Waals surface area contributed by atoms with Gasteiger partial charge in [0.15, 0.2) is 0 Å². The second kappa shape index (κ2) is 4.84. The molecule has 98 valence electrons. The smallest absolute Gasteiger partial charge is 0.139 e. The summed E-state index contributed by atoms with van der Waals surface area (Å²) in [6.45, 7) is 1.39. The van der Waals surface area contributed by atoms with Crippen LogP contribution in [0, 0.1) is 5.92 Å². The molecule has 3 rings (SSSR count). The lowest BCUT2D eigenvalue weighted by Crippen LogP contribution is -2.41. The fraction of sp³-hybridized carbons (Fsp3) is 0.357. The van der Waals surface area contributed by atoms with E-state index >= 15 is 0 Å². The number of anilines is 1. The van der Waals surface area contributed by atoms with Gasteiger partial charge >= 0.3 is 0 Å². The number of fused-ring (bicyclic) bond motifs is 1. The second-order valence-electron chi connectivity index (χ2n) is 4.79. The van der Waals surface area contributed by atoms with Crippen molar-refractivity contribution in [3.05, 3.63) is 30.6 Å². The number of carbonyl (C=O) groups excluding carboxylic acids is 1. The minimum Gasteiger partial charge on any atom is -0.550 e. The monoisotopic (exact) mass is 256 g/mol. The minimum absolute atomic E-state index is 0.329. The fourth-order valence-electron chi connectivity index (χ4n) is 2.57. The molecule has 1 saturated heterocycles. The van der Waals surface area contributed by atoms with Crippen LogP contribution in [0.4, 0.5) is 5.82 Å². The zero-order valence-electron chi connectivity index (χ0n) is 10.5. The number of para-hydroxylation sites is 1. The van der Waals surface area contributed by atoms with Crippen molar-refractivity contribution >= 4 is 22.7 Å². The lowest BCUT2D eigenvalue weighted by molar-refractivity contribution is -0.312. The van der Waals surface area contributed by atoms with Gasteiger partial charge in [0.1, 0.15) is 12.1 Å². The van der Waals surface area contributed by atoms with Crippen molar-refractivity contribution in [1.29, 1.82) is 0 Å². The van der Waals surface area contributed by atoms with Gasteiger partial charge in [-0.3, -0.25) is 0 Å². The number of benzene rings is 1. The van der Waals surface area contributed by atoms with Crippen LogP contribution in [0.5, 0.6) is 0 Å². The molecule has 2 aromatic rings. The summed E-state index contributed by atoms with van der Waals surface area (Å²) in [6.07, 6.45) is 2.78. The number of carboxylic acids is 1. The molecule has 0 saturated carbocycles. The van der Waals surface area contributed by atoms with Crippen molar-refractivity contribution in [1.82, 2.24) is 9.97 Å². The van der Waals surface area contributed by atoms with Crippen molar-refractivity contribution in [2.75, 3.05) is 18.0 Å². The SMILES string of the molecule is O=C([O-])C1CCN(c2ncnc3ccccc23)CC1. The molecule has 1 aromatic carbocycles. The maximum atomic E-state index is 10.9. The summed E-state index contributed by atoms with van der Waals surface area (Å²) in [5.41, 5.74) is 0.912. The van der Waals surface area contributed by atoms with Crippen LogP contribution >= 0.6 is 0 Å². The average molecular weight is 256 g/mol. The molecule has 0 N–H and O–H groups in total. The van der Waals surface area contributed by atoms with Crippen molar-refractivity contribution in [3.8, 4) is 0 Å². The molecule has 19 heavy (non-hydrogen) atoms. The first-order chi connectivity index (χ1) is 9.25. The Morgan fingerprint density at radius 2 is 1.95 bits per heavy atom. The topological polar surface area (TPSA) is 69.2 Å². The molecule has 0 aliphatic carbocycles. The lowest BCUT2D eigenvalue weighted by atomic mass is 9.97. The number of piperidine rings is 1. The van der Waals surface area contributed by atoms with Gasteiger partial charge in [-0.2, -0.15) is 0 Å². The van der Waals surface area contributed by atoms with E-state index in [4.69, 9.17) is 0 Å². The number of rotatable bonds is 2. The Bertz CT molecular complexity index is 601. The molecule has 0 radical (unpaired) electrons. The summed E-state index contributed by atoms with van der Waals surface area (Å²) in [4.78, 5) is 21.6. The van der Waals surface area contributed by atoms with E-state index in [0.29, 0.717) is 25.9 Å². The molecular formula is C14H14N3O2-. The molecule has 5 heteroatoms. The van der Waals surface area contributed by atoms with Gasteiger partial charge in [-0.25, -0.2) is 9.97 Å². The highest BCUT2D eigenvalue weighted by molar-refractivity contribution is 5.89. The maximum Gasteiger partial charge on any atom is 0.139 e. The van der Waals surface area contributed by atoms with Crippen LogP contribution in [0.25, 0.3) is 10.9 Å². The van der Waals surface area contributed by atoms with Crippen LogP contribution in [-0.4, -0.2) is 29.0 Å². The van der Waals surface area contributed by atoms with Gasteiger partial charge < -0.3 is 14.8 Å². The summed E-state index contributed by atoms with van der Waals surface area (Å²) < 4.78 is 0. The van der Waals surface area contributed by atoms with E-state index in [1.807, 2.05) is 24.3 Å². The van der Waals surface area contributed by atoms with Gasteiger partial charge in [-0.15, -0.1) is 0 Å². The minimum atomic E-state index is -0.938. The van der Waals surface area contributed by atoms with E-state index in [1.165, 1.54) is 0 Å². The Labute approximate surface area is 110 Å². The molecule has 1 aliphatic heterocycles. The van der Waals surface area contributed by atoms with E-state index in [2.05, 4.69) is 14.9 Å². The third kappa shape index (κ3) is 2.23. The Hall–Kier alpha value is -2.17. The third-order valence-electron chi connectivity index (χ3n) is 3.65. The fourth-order valence-corrected chi connectivity index (χ4v) is 2.57. The first-order valence-corrected chi connectivity index (χ1v) is 6.41. The molecule has 1 aliphatic rings. The summed E-state index contributed by atoms with van der Waals surface area (Å²) in [6, 6.07) is 7.86. The number of hydrogen-bond acceptors (Lipinski definition) is 5. The first kappa shape index (κ1) is 11.9. The van der Waals surface area contributed by atoms with E-state index in [0.717, 1.165) is 16.7 Å². The van der Waals surface area contributed by atoms with Gasteiger partial charge in [0, 0.05) is 30.4 Å². The number of hydrogen-bond donors (Lipinski definition) is 0. The van der Waals surface area contributed by atoms with Gasteiger partial charge in [0.25, 0.3) is 0 Å². The van der Waals surface area contributed by atoms with E-state index < -0.39 is 5.97 Å². The predicted molar refractivity (Wildman–Crippen MR) is 69.5 cm³/mol. The Morgan fingerprint density at radius 3 is 2.68 bits per heavy atom. The third-order valence-corrected chi connectivity index (χ3v) is 3.65. The highest BCUT2D eigenvalue weighted by atomic mass is 16.4. The van der Waals surface area contributed by atoms with Gasteiger partial charge in [-0.1, -0.05) is 12.1 Å². The van der Waals surface area contributed by atoms with Crippen LogP contribution in [0.1, 0.15) is 12.8 Å². The average Bonchev–Trinajstić information content (AvgIpc) is 2.47. The molecule has 2 heterocycles. The predicted octanol–water partition coefficient (Wildman–Crippen LogP) is 0.596. The number of aromatic nitrogens is 2. The summed E-state index contributed by atoms with van der Waals surface area (Å²) in [5.74, 6) is -0.376. The lowest BCUT2D eigenvalue weighted by Gasteiger charge is -2.33. The van der Waals surface area contributed by atoms with Crippen LogP contribution in [0.2, 0.25) is 0 Å². The quantitative estimate of drug-likeness (QED) is 0.786. The number of aliphatic carboxylic acids is 1. The van der Waals surface area contributed by atoms with Gasteiger partial charge in [0.05, 0.1) is 5.52 Å². The van der Waals surface area contributed by atoms with E-state index in [-0.39, 0.29) is 5.92 Å². The van der Waals surface area contributed by atoms with Crippen LogP contribution in [-0.2, 0) is 4.79 Å². The van der Waals surface area contributed by atoms with Crippen LogP contribution in [0.15, 0.2) is 30.6 Å². The van der Waals surface area contributed by atoms with Crippen molar-refractivity contribution in [2.45, 2.75) is 12.8 Å². The first-order valence-electron chi connectivity index (χ1n) is 6.41. The normalized spacial score (nSPS) is 16.7. The molecule has 1 aromatic heterocycles. The second-order valence-corrected chi connectivity index (χ2v) is 4.79. The number of carbonyl (C=O) groups is 1. The van der Waals surface area contributed by atoms with Gasteiger partial charge in [0.2, 0.25) is 0 Å². The molecule has 0 atom stereocenters. The Morgan fingerprint density at radius 1 is 1.21 bits per heavy atom. The molecule has 1 fully saturated rings. The molecule has 0 bridgehead atoms. The maximum absolute atomic E-state index is 10.9. The number of nitrogens with zero attached hydrogens (tertiary/aromatic N) is 3. The highest BCUT2D eigenvalue weighted by Crippen LogP contribution is 2.26. The zero-order valence-corrected chi connectivity index (χ0v) is 10.5. The van der Waals surface area contributed by atoms with Crippen molar-refractivity contribution < 1.29 is 9.90 Å². The summed E-state index contributed by atoms with van der Waals surface area (Å²) in [5, 5.41) is 11.9. The molecule has 0 spiro atoms. The van der Waals surface area contributed by atoms with Crippen molar-refractivity contribution in [2.24, 2.45) is 5.92 Å². The van der Waals surface area contributed by atoms with Gasteiger partial charge in [-0.05, 0) is 25.0 Å². The van der Waals surface area contributed by atoms with Crippen LogP contribution in [0.3, 0.4) is 0 Å². The van der Waals surface area contributed by atoms with Crippen molar-refractivity contribution in [3.63, 3.8) is 0 Å². The van der Waals surface area contributed by atoms with E-state index in [9.17, 15) is 9.90 Å². The molecule has 0 unspecified atom stereocenters. The molecule has 0 amide bonds. The Balaban J connectivity index is 1.88. The standard InChI is InChI=1S/C14H15N3O2/c18-14(19)10-5-7-17(8-6-10)13-11-3-1-2-4-12(11)15-9-16-13/h1-4,9-10H,5-8H2,(H,18,19)/p-1. The van der Waals surface area contributed by atoms with Crippen LogP contribution < -0.4 is 10.0 Å². The highest BCUT2D eigenvalue weighted by Gasteiger charge is 2.22. The molecule has 5 nitrogen and oxygen atoms in total. The van der Waals surface area contributed by atoms with E-state index in [1.54, 1.807) is 6.33 Å². The zero-order chi connectivity index (χ0) is 13.2.